The summed E-state index contributed by atoms with van der Waals surface area (Å²) < 4.78 is 33.1. The maximum atomic E-state index is 12.0. The highest BCUT2D eigenvalue weighted by Crippen LogP contribution is 2.54. The molecule has 0 aliphatic carbocycles. The zero-order chi connectivity index (χ0) is 15.1. The molecule has 1 aromatic carbocycles. The molecule has 0 spiro atoms. The van der Waals surface area contributed by atoms with Crippen LogP contribution in [0.25, 0.3) is 6.08 Å². The van der Waals surface area contributed by atoms with E-state index in [0.717, 1.165) is 17.5 Å². The molecule has 1 atom stereocenters. The van der Waals surface area contributed by atoms with E-state index in [1.54, 1.807) is 6.08 Å². The largest absolute Gasteiger partial charge is 0.477 e. The Morgan fingerprint density at radius 2 is 2.00 bits per heavy atom. The monoisotopic (exact) mass is 312 g/mol. The highest BCUT2D eigenvalue weighted by Gasteiger charge is 2.35. The van der Waals surface area contributed by atoms with Crippen molar-refractivity contribution >= 4 is 13.9 Å². The minimum Gasteiger partial charge on any atom is -0.347 e. The third kappa shape index (κ3) is 5.06. The van der Waals surface area contributed by atoms with Gasteiger partial charge < -0.3 is 4.74 Å². The first-order chi connectivity index (χ1) is 10.1. The zero-order valence-corrected chi connectivity index (χ0v) is 13.1. The minimum atomic E-state index is -3.43. The van der Waals surface area contributed by atoms with Gasteiger partial charge in [0.25, 0.3) is 0 Å². The van der Waals surface area contributed by atoms with E-state index in [-0.39, 0.29) is 0 Å². The molecule has 1 fully saturated rings. The maximum Gasteiger partial charge on any atom is 0.477 e. The summed E-state index contributed by atoms with van der Waals surface area (Å²) in [6, 6.07) is 7.86. The molecule has 21 heavy (non-hydrogen) atoms. The van der Waals surface area contributed by atoms with Crippen LogP contribution in [-0.2, 0) is 29.5 Å². The fourth-order valence-electron chi connectivity index (χ4n) is 1.88. The minimum absolute atomic E-state index is 0.291. The lowest BCUT2D eigenvalue weighted by Crippen LogP contribution is -2.16. The third-order valence-electron chi connectivity index (χ3n) is 3.00. The van der Waals surface area contributed by atoms with E-state index in [1.165, 1.54) is 0 Å². The van der Waals surface area contributed by atoms with E-state index < -0.39 is 14.1 Å². The molecule has 1 heterocycles. The van der Waals surface area contributed by atoms with Crippen LogP contribution >= 0.6 is 7.82 Å². The number of hydrogen-bond donors (Lipinski definition) is 0. The fourth-order valence-corrected chi connectivity index (χ4v) is 3.13. The highest BCUT2D eigenvalue weighted by atomic mass is 31.2. The number of phosphoric acid groups is 1. The van der Waals surface area contributed by atoms with Crippen molar-refractivity contribution in [3.63, 3.8) is 0 Å². The maximum absolute atomic E-state index is 12.0. The summed E-state index contributed by atoms with van der Waals surface area (Å²) >= 11 is 0. The topological polar surface area (TPSA) is 54.0 Å². The second kappa shape index (κ2) is 7.87. The van der Waals surface area contributed by atoms with Crippen molar-refractivity contribution in [2.75, 3.05) is 13.2 Å². The SMILES string of the molecule is C=Cc1ccc(COC(CCC)OP2(=O)OCCO2)cc1. The molecular weight excluding hydrogens is 291 g/mol. The first-order valence-corrected chi connectivity index (χ1v) is 8.52. The van der Waals surface area contributed by atoms with Crippen LogP contribution in [-0.4, -0.2) is 19.5 Å². The van der Waals surface area contributed by atoms with Gasteiger partial charge >= 0.3 is 7.82 Å². The molecule has 0 saturated carbocycles. The third-order valence-corrected chi connectivity index (χ3v) is 4.50. The van der Waals surface area contributed by atoms with E-state index in [9.17, 15) is 4.57 Å². The van der Waals surface area contributed by atoms with Crippen LogP contribution in [0.15, 0.2) is 30.8 Å². The summed E-state index contributed by atoms with van der Waals surface area (Å²) in [5, 5.41) is 0. The molecule has 5 nitrogen and oxygen atoms in total. The molecule has 1 aromatic rings. The van der Waals surface area contributed by atoms with E-state index in [4.69, 9.17) is 18.3 Å². The Labute approximate surface area is 125 Å². The van der Waals surface area contributed by atoms with Crippen LogP contribution in [0.1, 0.15) is 30.9 Å². The van der Waals surface area contributed by atoms with Crippen molar-refractivity contribution in [3.8, 4) is 0 Å². The van der Waals surface area contributed by atoms with Crippen molar-refractivity contribution in [3.05, 3.63) is 42.0 Å². The zero-order valence-electron chi connectivity index (χ0n) is 12.2. The van der Waals surface area contributed by atoms with Crippen molar-refractivity contribution in [1.82, 2.24) is 0 Å². The molecule has 0 radical (unpaired) electrons. The van der Waals surface area contributed by atoms with Crippen molar-refractivity contribution in [2.24, 2.45) is 0 Å². The van der Waals surface area contributed by atoms with Gasteiger partial charge in [-0.15, -0.1) is 0 Å². The average Bonchev–Trinajstić information content (AvgIpc) is 2.92. The first kappa shape index (κ1) is 16.4. The van der Waals surface area contributed by atoms with Gasteiger partial charge in [-0.25, -0.2) is 4.57 Å². The molecule has 0 N–H and O–H groups in total. The van der Waals surface area contributed by atoms with E-state index in [1.807, 2.05) is 31.2 Å². The van der Waals surface area contributed by atoms with Gasteiger partial charge in [0.15, 0.2) is 6.29 Å². The lowest BCUT2D eigenvalue weighted by Gasteiger charge is -2.20. The molecule has 6 heteroatoms. The molecule has 0 amide bonds. The van der Waals surface area contributed by atoms with E-state index in [2.05, 4.69) is 6.58 Å². The normalized spacial score (nSPS) is 18.5. The number of benzene rings is 1. The predicted molar refractivity (Wildman–Crippen MR) is 80.6 cm³/mol. The molecule has 1 saturated heterocycles. The number of hydrogen-bond acceptors (Lipinski definition) is 5. The van der Waals surface area contributed by atoms with Crippen LogP contribution < -0.4 is 0 Å². The van der Waals surface area contributed by atoms with Gasteiger partial charge in [-0.3, -0.25) is 13.6 Å². The Bertz CT molecular complexity index is 489. The standard InChI is InChI=1S/C15H21O5P/c1-3-5-15(20-21(16)18-10-11-19-21)17-12-14-8-6-13(4-2)7-9-14/h4,6-9,15H,2-3,5,10-12H2,1H3. The fraction of sp³-hybridized carbons (Fsp3) is 0.467. The Kier molecular flexibility index (Phi) is 6.15. The van der Waals surface area contributed by atoms with Crippen LogP contribution in [0.4, 0.5) is 0 Å². The molecule has 1 aliphatic heterocycles. The second-order valence-electron chi connectivity index (χ2n) is 4.69. The summed E-state index contributed by atoms with van der Waals surface area (Å²) in [4.78, 5) is 0. The van der Waals surface area contributed by atoms with Crippen molar-refractivity contribution in [2.45, 2.75) is 32.7 Å². The van der Waals surface area contributed by atoms with Gasteiger partial charge in [-0.05, 0) is 17.5 Å². The Hall–Kier alpha value is -0.970. The first-order valence-electron chi connectivity index (χ1n) is 7.05. The Morgan fingerprint density at radius 3 is 2.57 bits per heavy atom. The summed E-state index contributed by atoms with van der Waals surface area (Å²) in [5.41, 5.74) is 2.06. The van der Waals surface area contributed by atoms with Crippen LogP contribution in [0.2, 0.25) is 0 Å². The second-order valence-corrected chi connectivity index (χ2v) is 6.32. The Balaban J connectivity index is 1.89. The van der Waals surface area contributed by atoms with Gasteiger partial charge in [-0.1, -0.05) is 50.3 Å². The van der Waals surface area contributed by atoms with E-state index >= 15 is 0 Å². The lowest BCUT2D eigenvalue weighted by molar-refractivity contribution is -0.105. The summed E-state index contributed by atoms with van der Waals surface area (Å²) in [7, 11) is -3.43. The number of rotatable bonds is 8. The quantitative estimate of drug-likeness (QED) is 0.533. The smallest absolute Gasteiger partial charge is 0.347 e. The summed E-state index contributed by atoms with van der Waals surface area (Å²) in [6.45, 7) is 6.68. The van der Waals surface area contributed by atoms with Gasteiger partial charge in [0.05, 0.1) is 19.8 Å². The molecular formula is C15H21O5P. The van der Waals surface area contributed by atoms with Gasteiger partial charge in [0, 0.05) is 0 Å². The molecule has 116 valence electrons. The predicted octanol–water partition coefficient (Wildman–Crippen LogP) is 4.14. The molecule has 0 aromatic heterocycles. The van der Waals surface area contributed by atoms with Crippen LogP contribution in [0.3, 0.4) is 0 Å². The Morgan fingerprint density at radius 1 is 1.33 bits per heavy atom. The number of phosphoric ester groups is 1. The van der Waals surface area contributed by atoms with E-state index in [0.29, 0.717) is 26.2 Å². The van der Waals surface area contributed by atoms with Crippen molar-refractivity contribution in [1.29, 1.82) is 0 Å². The highest BCUT2D eigenvalue weighted by molar-refractivity contribution is 7.48. The molecule has 1 aliphatic rings. The van der Waals surface area contributed by atoms with Crippen LogP contribution in [0.5, 0.6) is 0 Å². The van der Waals surface area contributed by atoms with Gasteiger partial charge in [0.2, 0.25) is 0 Å². The van der Waals surface area contributed by atoms with Crippen molar-refractivity contribution < 1.29 is 22.9 Å². The van der Waals surface area contributed by atoms with Gasteiger partial charge in [-0.2, -0.15) is 0 Å². The summed E-state index contributed by atoms with van der Waals surface area (Å²) in [5.74, 6) is 0. The van der Waals surface area contributed by atoms with Gasteiger partial charge in [0.1, 0.15) is 0 Å². The van der Waals surface area contributed by atoms with Crippen LogP contribution in [0, 0.1) is 0 Å². The molecule has 2 rings (SSSR count). The average molecular weight is 312 g/mol. The lowest BCUT2D eigenvalue weighted by atomic mass is 10.1. The summed E-state index contributed by atoms with van der Waals surface area (Å²) in [6.07, 6.45) is 2.66. The molecule has 1 unspecified atom stereocenters. The number of ether oxygens (including phenoxy) is 1. The molecule has 0 bridgehead atoms.